The zero-order valence-corrected chi connectivity index (χ0v) is 11.4. The number of methoxy groups -OCH3 is 2. The van der Waals surface area contributed by atoms with Gasteiger partial charge in [-0.05, 0) is 36.1 Å². The van der Waals surface area contributed by atoms with Crippen LogP contribution in [-0.2, 0) is 16.9 Å². The summed E-state index contributed by atoms with van der Waals surface area (Å²) in [6, 6.07) is 6.15. The molecule has 1 fully saturated rings. The zero-order chi connectivity index (χ0) is 13.0. The maximum Gasteiger partial charge on any atom is 0.119 e. The number of hydrogen-bond donors (Lipinski definition) is 1. The lowest BCUT2D eigenvalue weighted by Crippen LogP contribution is -2.39. The van der Waals surface area contributed by atoms with E-state index in [1.165, 1.54) is 24.8 Å². The Morgan fingerprint density at radius 1 is 1.17 bits per heavy atom. The van der Waals surface area contributed by atoms with Crippen LogP contribution in [0.25, 0.3) is 0 Å². The van der Waals surface area contributed by atoms with Gasteiger partial charge in [-0.1, -0.05) is 25.3 Å². The van der Waals surface area contributed by atoms with E-state index >= 15 is 0 Å². The summed E-state index contributed by atoms with van der Waals surface area (Å²) >= 11 is 0. The molecule has 0 heterocycles. The van der Waals surface area contributed by atoms with Gasteiger partial charge >= 0.3 is 0 Å². The highest BCUT2D eigenvalue weighted by Gasteiger charge is 2.31. The summed E-state index contributed by atoms with van der Waals surface area (Å²) in [5.41, 5.74) is 8.81. The average molecular weight is 249 g/mol. The number of ether oxygens (including phenoxy) is 2. The van der Waals surface area contributed by atoms with Crippen LogP contribution in [0.1, 0.15) is 43.2 Å². The van der Waals surface area contributed by atoms with Crippen molar-refractivity contribution in [3.05, 3.63) is 29.3 Å². The van der Waals surface area contributed by atoms with E-state index in [9.17, 15) is 0 Å². The molecule has 0 atom stereocenters. The molecule has 1 aromatic carbocycles. The van der Waals surface area contributed by atoms with Crippen molar-refractivity contribution in [2.24, 2.45) is 5.73 Å². The van der Waals surface area contributed by atoms with E-state index in [2.05, 4.69) is 6.07 Å². The Morgan fingerprint density at radius 3 is 2.50 bits per heavy atom. The van der Waals surface area contributed by atoms with E-state index in [0.717, 1.165) is 24.2 Å². The van der Waals surface area contributed by atoms with Gasteiger partial charge in [-0.15, -0.1) is 0 Å². The van der Waals surface area contributed by atoms with E-state index in [1.54, 1.807) is 14.2 Å². The van der Waals surface area contributed by atoms with Crippen molar-refractivity contribution in [3.8, 4) is 5.75 Å². The van der Waals surface area contributed by atoms with Gasteiger partial charge in [0, 0.05) is 12.6 Å². The summed E-state index contributed by atoms with van der Waals surface area (Å²) in [6.45, 7) is 0.589. The van der Waals surface area contributed by atoms with Gasteiger partial charge in [-0.2, -0.15) is 0 Å². The van der Waals surface area contributed by atoms with Crippen molar-refractivity contribution in [2.45, 2.75) is 44.2 Å². The molecular weight excluding hydrogens is 226 g/mol. The fourth-order valence-corrected chi connectivity index (χ4v) is 2.91. The smallest absolute Gasteiger partial charge is 0.119 e. The molecule has 0 radical (unpaired) electrons. The summed E-state index contributed by atoms with van der Waals surface area (Å²) in [5.74, 6) is 0.866. The summed E-state index contributed by atoms with van der Waals surface area (Å²) in [4.78, 5) is 0. The first-order chi connectivity index (χ1) is 8.69. The minimum atomic E-state index is -0.182. The SMILES string of the molecule is COCc1cc(OC)ccc1C1(N)CCCCC1. The number of hydrogen-bond acceptors (Lipinski definition) is 3. The Balaban J connectivity index is 2.35. The number of nitrogens with two attached hydrogens (primary N) is 1. The Hall–Kier alpha value is -1.06. The van der Waals surface area contributed by atoms with E-state index < -0.39 is 0 Å². The fraction of sp³-hybridized carbons (Fsp3) is 0.600. The van der Waals surface area contributed by atoms with Crippen molar-refractivity contribution >= 4 is 0 Å². The molecule has 0 aliphatic heterocycles. The largest absolute Gasteiger partial charge is 0.497 e. The van der Waals surface area contributed by atoms with E-state index in [-0.39, 0.29) is 5.54 Å². The fourth-order valence-electron chi connectivity index (χ4n) is 2.91. The molecule has 3 nitrogen and oxygen atoms in total. The van der Waals surface area contributed by atoms with Gasteiger partial charge in [-0.25, -0.2) is 0 Å². The lowest BCUT2D eigenvalue weighted by molar-refractivity contribution is 0.180. The molecule has 2 N–H and O–H groups in total. The highest BCUT2D eigenvalue weighted by atomic mass is 16.5. The van der Waals surface area contributed by atoms with Crippen LogP contribution < -0.4 is 10.5 Å². The summed E-state index contributed by atoms with van der Waals surface area (Å²) in [5, 5.41) is 0. The van der Waals surface area contributed by atoms with Crippen molar-refractivity contribution < 1.29 is 9.47 Å². The van der Waals surface area contributed by atoms with Gasteiger partial charge in [0.25, 0.3) is 0 Å². The zero-order valence-electron chi connectivity index (χ0n) is 11.4. The predicted molar refractivity (Wildman–Crippen MR) is 72.7 cm³/mol. The van der Waals surface area contributed by atoms with Crippen LogP contribution in [0.3, 0.4) is 0 Å². The van der Waals surface area contributed by atoms with E-state index in [1.807, 2.05) is 12.1 Å². The first-order valence-electron chi connectivity index (χ1n) is 6.65. The molecule has 0 bridgehead atoms. The Kier molecular flexibility index (Phi) is 4.25. The molecular formula is C15H23NO2. The second kappa shape index (κ2) is 5.72. The quantitative estimate of drug-likeness (QED) is 0.892. The van der Waals surface area contributed by atoms with Gasteiger partial charge in [0.1, 0.15) is 5.75 Å². The van der Waals surface area contributed by atoms with E-state index in [4.69, 9.17) is 15.2 Å². The van der Waals surface area contributed by atoms with Crippen LogP contribution in [-0.4, -0.2) is 14.2 Å². The van der Waals surface area contributed by atoms with Crippen LogP contribution in [0.15, 0.2) is 18.2 Å². The van der Waals surface area contributed by atoms with Crippen molar-refractivity contribution in [1.82, 2.24) is 0 Å². The molecule has 0 aromatic heterocycles. The molecule has 0 saturated heterocycles. The molecule has 3 heteroatoms. The topological polar surface area (TPSA) is 44.5 Å². The first kappa shape index (κ1) is 13.4. The Morgan fingerprint density at radius 2 is 1.89 bits per heavy atom. The van der Waals surface area contributed by atoms with Crippen LogP contribution in [0, 0.1) is 0 Å². The van der Waals surface area contributed by atoms with Gasteiger partial charge in [0.2, 0.25) is 0 Å². The maximum absolute atomic E-state index is 6.61. The predicted octanol–water partition coefficient (Wildman–Crippen LogP) is 2.96. The van der Waals surface area contributed by atoms with Gasteiger partial charge in [-0.3, -0.25) is 0 Å². The average Bonchev–Trinajstić information content (AvgIpc) is 2.39. The third kappa shape index (κ3) is 2.68. The molecule has 1 aliphatic rings. The van der Waals surface area contributed by atoms with Crippen LogP contribution >= 0.6 is 0 Å². The minimum Gasteiger partial charge on any atom is -0.497 e. The van der Waals surface area contributed by atoms with Crippen LogP contribution in [0.4, 0.5) is 0 Å². The van der Waals surface area contributed by atoms with Crippen molar-refractivity contribution in [1.29, 1.82) is 0 Å². The lowest BCUT2D eigenvalue weighted by atomic mass is 9.76. The Bertz CT molecular complexity index is 397. The van der Waals surface area contributed by atoms with Gasteiger partial charge in [0.05, 0.1) is 13.7 Å². The molecule has 0 amide bonds. The second-order valence-electron chi connectivity index (χ2n) is 5.17. The summed E-state index contributed by atoms with van der Waals surface area (Å²) in [6.07, 6.45) is 5.87. The molecule has 1 saturated carbocycles. The van der Waals surface area contributed by atoms with Crippen molar-refractivity contribution in [3.63, 3.8) is 0 Å². The lowest BCUT2D eigenvalue weighted by Gasteiger charge is -2.35. The van der Waals surface area contributed by atoms with Crippen molar-refractivity contribution in [2.75, 3.05) is 14.2 Å². The molecule has 1 aliphatic carbocycles. The third-order valence-corrected chi connectivity index (χ3v) is 3.89. The highest BCUT2D eigenvalue weighted by Crippen LogP contribution is 2.37. The monoisotopic (exact) mass is 249 g/mol. The standard InChI is InChI=1S/C15H23NO2/c1-17-11-12-10-13(18-2)6-7-14(12)15(16)8-4-3-5-9-15/h6-7,10H,3-5,8-9,11,16H2,1-2H3. The molecule has 1 aromatic rings. The first-order valence-corrected chi connectivity index (χ1v) is 6.65. The van der Waals surface area contributed by atoms with Gasteiger partial charge in [0.15, 0.2) is 0 Å². The maximum atomic E-state index is 6.61. The number of benzene rings is 1. The highest BCUT2D eigenvalue weighted by molar-refractivity contribution is 5.39. The Labute approximate surface area is 109 Å². The van der Waals surface area contributed by atoms with E-state index in [0.29, 0.717) is 6.61 Å². The summed E-state index contributed by atoms with van der Waals surface area (Å²) in [7, 11) is 3.40. The third-order valence-electron chi connectivity index (χ3n) is 3.89. The number of rotatable bonds is 4. The second-order valence-corrected chi connectivity index (χ2v) is 5.17. The minimum absolute atomic E-state index is 0.182. The molecule has 0 spiro atoms. The summed E-state index contributed by atoms with van der Waals surface area (Å²) < 4.78 is 10.6. The molecule has 18 heavy (non-hydrogen) atoms. The molecule has 100 valence electrons. The normalized spacial score (nSPS) is 18.6. The van der Waals surface area contributed by atoms with Gasteiger partial charge < -0.3 is 15.2 Å². The molecule has 2 rings (SSSR count). The molecule has 0 unspecified atom stereocenters. The van der Waals surface area contributed by atoms with Crippen LogP contribution in [0.2, 0.25) is 0 Å². The van der Waals surface area contributed by atoms with Crippen LogP contribution in [0.5, 0.6) is 5.75 Å².